The van der Waals surface area contributed by atoms with Crippen LogP contribution in [0.2, 0.25) is 0 Å². The molecule has 0 aromatic heterocycles. The summed E-state index contributed by atoms with van der Waals surface area (Å²) < 4.78 is 0. The smallest absolute Gasteiger partial charge is 0.229 e. The van der Waals surface area contributed by atoms with Gasteiger partial charge in [0.25, 0.3) is 0 Å². The molecule has 0 bridgehead atoms. The van der Waals surface area contributed by atoms with Crippen molar-refractivity contribution >= 4 is 17.7 Å². The number of rotatable bonds is 5. The van der Waals surface area contributed by atoms with Crippen LogP contribution in [0.25, 0.3) is 0 Å². The summed E-state index contributed by atoms with van der Waals surface area (Å²) in [6.45, 7) is 1.78. The van der Waals surface area contributed by atoms with Crippen LogP contribution in [-0.4, -0.2) is 47.2 Å². The lowest BCUT2D eigenvalue weighted by Crippen LogP contribution is -2.35. The van der Waals surface area contributed by atoms with Crippen molar-refractivity contribution in [1.29, 1.82) is 0 Å². The lowest BCUT2D eigenvalue weighted by molar-refractivity contribution is -0.139. The van der Waals surface area contributed by atoms with Crippen molar-refractivity contribution in [3.8, 4) is 0 Å². The van der Waals surface area contributed by atoms with E-state index in [1.165, 1.54) is 10.5 Å². The molecule has 1 aromatic rings. The number of hydrogen-bond donors (Lipinski definition) is 0. The summed E-state index contributed by atoms with van der Waals surface area (Å²) in [6.07, 6.45) is 2.83. The number of nitrogens with zero attached hydrogens (tertiary/aromatic N) is 2. The zero-order chi connectivity index (χ0) is 16.2. The van der Waals surface area contributed by atoms with Crippen molar-refractivity contribution in [2.45, 2.75) is 32.1 Å². The van der Waals surface area contributed by atoms with Crippen molar-refractivity contribution in [2.24, 2.45) is 5.92 Å². The van der Waals surface area contributed by atoms with E-state index in [-0.39, 0.29) is 43.5 Å². The summed E-state index contributed by atoms with van der Waals surface area (Å²) in [4.78, 5) is 38.5. The molecule has 0 aliphatic carbocycles. The zero-order valence-electron chi connectivity index (χ0n) is 13.2. The highest BCUT2D eigenvalue weighted by Gasteiger charge is 2.31. The van der Waals surface area contributed by atoms with E-state index in [0.29, 0.717) is 5.92 Å². The van der Waals surface area contributed by atoms with Crippen LogP contribution in [0.3, 0.4) is 0 Å². The second-order valence-electron chi connectivity index (χ2n) is 6.37. The lowest BCUT2D eigenvalue weighted by atomic mass is 9.99. The van der Waals surface area contributed by atoms with Gasteiger partial charge in [0, 0.05) is 38.9 Å². The van der Waals surface area contributed by atoms with E-state index in [4.69, 9.17) is 0 Å². The summed E-state index contributed by atoms with van der Waals surface area (Å²) >= 11 is 0. The number of imide groups is 1. The predicted octanol–water partition coefficient (Wildman–Crippen LogP) is 1.62. The molecule has 23 heavy (non-hydrogen) atoms. The first-order chi connectivity index (χ1) is 11.1. The van der Waals surface area contributed by atoms with Gasteiger partial charge in [-0.25, -0.2) is 0 Å². The van der Waals surface area contributed by atoms with Crippen LogP contribution in [0.5, 0.6) is 0 Å². The van der Waals surface area contributed by atoms with Crippen molar-refractivity contribution in [3.63, 3.8) is 0 Å². The molecule has 2 aliphatic rings. The van der Waals surface area contributed by atoms with Crippen molar-refractivity contribution in [3.05, 3.63) is 35.9 Å². The Morgan fingerprint density at radius 1 is 1.09 bits per heavy atom. The second-order valence-corrected chi connectivity index (χ2v) is 6.37. The van der Waals surface area contributed by atoms with E-state index in [0.717, 1.165) is 25.9 Å². The summed E-state index contributed by atoms with van der Waals surface area (Å²) in [6, 6.07) is 10.3. The molecule has 5 heteroatoms. The van der Waals surface area contributed by atoms with Gasteiger partial charge in [-0.3, -0.25) is 19.3 Å². The van der Waals surface area contributed by atoms with Gasteiger partial charge in [-0.15, -0.1) is 0 Å². The van der Waals surface area contributed by atoms with Crippen LogP contribution >= 0.6 is 0 Å². The lowest BCUT2D eigenvalue weighted by Gasteiger charge is -2.19. The van der Waals surface area contributed by atoms with E-state index in [2.05, 4.69) is 12.1 Å². The van der Waals surface area contributed by atoms with Crippen molar-refractivity contribution < 1.29 is 14.4 Å². The summed E-state index contributed by atoms with van der Waals surface area (Å²) in [5.41, 5.74) is 1.31. The number of hydrogen-bond acceptors (Lipinski definition) is 3. The SMILES string of the molecule is O=C(CCN1C(=O)CCC1=O)N1CCC(Cc2ccccc2)C1. The molecule has 2 heterocycles. The Morgan fingerprint density at radius 3 is 2.48 bits per heavy atom. The van der Waals surface area contributed by atoms with Crippen LogP contribution in [0.1, 0.15) is 31.2 Å². The van der Waals surface area contributed by atoms with E-state index in [1.54, 1.807) is 0 Å². The first-order valence-electron chi connectivity index (χ1n) is 8.28. The van der Waals surface area contributed by atoms with Gasteiger partial charge in [0.15, 0.2) is 0 Å². The Hall–Kier alpha value is -2.17. The highest BCUT2D eigenvalue weighted by molar-refractivity contribution is 6.02. The first-order valence-corrected chi connectivity index (χ1v) is 8.28. The molecule has 0 radical (unpaired) electrons. The molecule has 3 rings (SSSR count). The van der Waals surface area contributed by atoms with E-state index in [9.17, 15) is 14.4 Å². The number of carbonyl (C=O) groups excluding carboxylic acids is 3. The highest BCUT2D eigenvalue weighted by Crippen LogP contribution is 2.22. The first kappa shape index (κ1) is 15.7. The van der Waals surface area contributed by atoms with E-state index < -0.39 is 0 Å². The van der Waals surface area contributed by atoms with Gasteiger partial charge in [-0.2, -0.15) is 0 Å². The summed E-state index contributed by atoms with van der Waals surface area (Å²) in [5.74, 6) is 0.252. The molecular weight excluding hydrogens is 292 g/mol. The molecule has 5 nitrogen and oxygen atoms in total. The van der Waals surface area contributed by atoms with Crippen molar-refractivity contribution in [2.75, 3.05) is 19.6 Å². The molecular formula is C18H22N2O3. The quantitative estimate of drug-likeness (QED) is 0.776. The third-order valence-electron chi connectivity index (χ3n) is 4.71. The molecule has 1 unspecified atom stereocenters. The van der Waals surface area contributed by atoms with Gasteiger partial charge in [-0.1, -0.05) is 30.3 Å². The molecule has 0 N–H and O–H groups in total. The second kappa shape index (κ2) is 6.94. The van der Waals surface area contributed by atoms with Gasteiger partial charge in [0.1, 0.15) is 0 Å². The van der Waals surface area contributed by atoms with Crippen LogP contribution in [-0.2, 0) is 20.8 Å². The fourth-order valence-corrected chi connectivity index (χ4v) is 3.41. The Kier molecular flexibility index (Phi) is 4.74. The number of amides is 3. The van der Waals surface area contributed by atoms with Crippen molar-refractivity contribution in [1.82, 2.24) is 9.80 Å². The zero-order valence-corrected chi connectivity index (χ0v) is 13.2. The third kappa shape index (κ3) is 3.78. The minimum absolute atomic E-state index is 0.0491. The topological polar surface area (TPSA) is 57.7 Å². The predicted molar refractivity (Wildman–Crippen MR) is 85.4 cm³/mol. The standard InChI is InChI=1S/C18H22N2O3/c21-16(9-11-20-17(22)6-7-18(20)23)19-10-8-15(13-19)12-14-4-2-1-3-5-14/h1-5,15H,6-13H2. The van der Waals surface area contributed by atoms with Gasteiger partial charge in [0.05, 0.1) is 0 Å². The average Bonchev–Trinajstić information content (AvgIpc) is 3.14. The molecule has 2 fully saturated rings. The molecule has 2 aliphatic heterocycles. The average molecular weight is 314 g/mol. The van der Waals surface area contributed by atoms with Gasteiger partial charge >= 0.3 is 0 Å². The molecule has 2 saturated heterocycles. The normalized spacial score (nSPS) is 21.3. The Bertz CT molecular complexity index is 584. The minimum Gasteiger partial charge on any atom is -0.342 e. The molecule has 122 valence electrons. The van der Waals surface area contributed by atoms with Crippen LogP contribution in [0.4, 0.5) is 0 Å². The van der Waals surface area contributed by atoms with E-state index in [1.807, 2.05) is 23.1 Å². The molecule has 1 aromatic carbocycles. The maximum Gasteiger partial charge on any atom is 0.229 e. The number of carbonyl (C=O) groups is 3. The molecule has 3 amide bonds. The monoisotopic (exact) mass is 314 g/mol. The Balaban J connectivity index is 1.46. The largest absolute Gasteiger partial charge is 0.342 e. The summed E-state index contributed by atoms with van der Waals surface area (Å²) in [7, 11) is 0. The van der Waals surface area contributed by atoms with Gasteiger partial charge in [-0.05, 0) is 24.3 Å². The third-order valence-corrected chi connectivity index (χ3v) is 4.71. The van der Waals surface area contributed by atoms with Gasteiger partial charge < -0.3 is 4.90 Å². The number of likely N-dealkylation sites (tertiary alicyclic amines) is 2. The molecule has 0 spiro atoms. The fourth-order valence-electron chi connectivity index (χ4n) is 3.41. The Labute approximate surface area is 136 Å². The van der Waals surface area contributed by atoms with Crippen LogP contribution in [0.15, 0.2) is 30.3 Å². The van der Waals surface area contributed by atoms with Crippen LogP contribution in [0, 0.1) is 5.92 Å². The minimum atomic E-state index is -0.147. The Morgan fingerprint density at radius 2 is 1.78 bits per heavy atom. The summed E-state index contributed by atoms with van der Waals surface area (Å²) in [5, 5.41) is 0. The maximum absolute atomic E-state index is 12.3. The van der Waals surface area contributed by atoms with Crippen LogP contribution < -0.4 is 0 Å². The number of benzene rings is 1. The van der Waals surface area contributed by atoms with Gasteiger partial charge in [0.2, 0.25) is 17.7 Å². The molecule has 1 atom stereocenters. The fraction of sp³-hybridized carbons (Fsp3) is 0.500. The maximum atomic E-state index is 12.3. The molecule has 0 saturated carbocycles. The highest BCUT2D eigenvalue weighted by atomic mass is 16.2. The van der Waals surface area contributed by atoms with E-state index >= 15 is 0 Å².